The van der Waals surface area contributed by atoms with E-state index in [2.05, 4.69) is 23.5 Å². The fraction of sp³-hybridized carbons (Fsp3) is 0.727. The van der Waals surface area contributed by atoms with Crippen molar-refractivity contribution in [2.45, 2.75) is 32.9 Å². The number of nitrogens with zero attached hydrogens (tertiary/aromatic N) is 2. The van der Waals surface area contributed by atoms with Crippen LogP contribution in [-0.2, 0) is 17.8 Å². The van der Waals surface area contributed by atoms with E-state index in [1.54, 1.807) is 7.11 Å². The van der Waals surface area contributed by atoms with E-state index in [0.717, 1.165) is 39.1 Å². The third-order valence-corrected chi connectivity index (χ3v) is 2.25. The van der Waals surface area contributed by atoms with Crippen LogP contribution in [0.2, 0.25) is 0 Å². The van der Waals surface area contributed by atoms with Crippen LogP contribution in [0.3, 0.4) is 0 Å². The van der Waals surface area contributed by atoms with E-state index in [1.165, 1.54) is 5.56 Å². The largest absolute Gasteiger partial charge is 0.385 e. The normalized spacial score (nSPS) is 10.8. The molecule has 0 radical (unpaired) electrons. The molecule has 4 nitrogen and oxygen atoms in total. The third kappa shape index (κ3) is 4.95. The van der Waals surface area contributed by atoms with Crippen LogP contribution < -0.4 is 5.32 Å². The Morgan fingerprint density at radius 3 is 3.07 bits per heavy atom. The molecule has 15 heavy (non-hydrogen) atoms. The molecule has 0 aliphatic carbocycles. The van der Waals surface area contributed by atoms with Gasteiger partial charge in [-0.15, -0.1) is 0 Å². The second-order valence-electron chi connectivity index (χ2n) is 3.59. The van der Waals surface area contributed by atoms with Gasteiger partial charge < -0.3 is 10.1 Å². The lowest BCUT2D eigenvalue weighted by atomic mass is 10.3. The molecule has 0 atom stereocenters. The van der Waals surface area contributed by atoms with Gasteiger partial charge in [-0.05, 0) is 19.4 Å². The molecule has 0 aliphatic heterocycles. The highest BCUT2D eigenvalue weighted by Gasteiger charge is 1.97. The summed E-state index contributed by atoms with van der Waals surface area (Å²) >= 11 is 0. The maximum atomic E-state index is 5.00. The molecular formula is C11H21N3O. The van der Waals surface area contributed by atoms with Crippen molar-refractivity contribution in [2.24, 2.45) is 0 Å². The molecule has 0 spiro atoms. The zero-order valence-electron chi connectivity index (χ0n) is 9.70. The Kier molecular flexibility index (Phi) is 6.04. The Morgan fingerprint density at radius 1 is 1.47 bits per heavy atom. The number of nitrogens with one attached hydrogen (secondary N) is 1. The number of hydrogen-bond donors (Lipinski definition) is 1. The van der Waals surface area contributed by atoms with Gasteiger partial charge in [-0.2, -0.15) is 5.10 Å². The highest BCUT2D eigenvalue weighted by Crippen LogP contribution is 2.00. The van der Waals surface area contributed by atoms with Crippen LogP contribution in [0.4, 0.5) is 0 Å². The van der Waals surface area contributed by atoms with Gasteiger partial charge in [0.05, 0.1) is 6.20 Å². The summed E-state index contributed by atoms with van der Waals surface area (Å²) in [5, 5.41) is 7.58. The van der Waals surface area contributed by atoms with Gasteiger partial charge in [-0.25, -0.2) is 0 Å². The first kappa shape index (κ1) is 12.2. The molecular weight excluding hydrogens is 190 g/mol. The Morgan fingerprint density at radius 2 is 2.33 bits per heavy atom. The quantitative estimate of drug-likeness (QED) is 0.661. The van der Waals surface area contributed by atoms with Gasteiger partial charge in [0.2, 0.25) is 0 Å². The Labute approximate surface area is 91.6 Å². The van der Waals surface area contributed by atoms with E-state index in [-0.39, 0.29) is 0 Å². The van der Waals surface area contributed by atoms with Crippen molar-refractivity contribution in [3.8, 4) is 0 Å². The van der Waals surface area contributed by atoms with Gasteiger partial charge in [-0.1, -0.05) is 6.92 Å². The van der Waals surface area contributed by atoms with E-state index >= 15 is 0 Å². The van der Waals surface area contributed by atoms with Crippen molar-refractivity contribution in [3.05, 3.63) is 18.0 Å². The van der Waals surface area contributed by atoms with E-state index in [9.17, 15) is 0 Å². The number of aryl methyl sites for hydroxylation is 1. The van der Waals surface area contributed by atoms with Crippen LogP contribution in [0.5, 0.6) is 0 Å². The second kappa shape index (κ2) is 7.43. The fourth-order valence-electron chi connectivity index (χ4n) is 1.41. The lowest BCUT2D eigenvalue weighted by molar-refractivity contribution is 0.191. The van der Waals surface area contributed by atoms with E-state index < -0.39 is 0 Å². The average molecular weight is 211 g/mol. The van der Waals surface area contributed by atoms with E-state index in [0.29, 0.717) is 0 Å². The van der Waals surface area contributed by atoms with Crippen molar-refractivity contribution in [1.82, 2.24) is 15.1 Å². The molecule has 1 aromatic rings. The zero-order chi connectivity index (χ0) is 10.9. The lowest BCUT2D eigenvalue weighted by Gasteiger charge is -2.00. The van der Waals surface area contributed by atoms with Gasteiger partial charge in [-0.3, -0.25) is 4.68 Å². The first-order valence-corrected chi connectivity index (χ1v) is 5.57. The number of ether oxygens (including phenoxy) is 1. The minimum atomic E-state index is 0.839. The minimum Gasteiger partial charge on any atom is -0.385 e. The van der Waals surface area contributed by atoms with E-state index in [4.69, 9.17) is 4.74 Å². The van der Waals surface area contributed by atoms with Crippen molar-refractivity contribution < 1.29 is 4.74 Å². The van der Waals surface area contributed by atoms with Crippen LogP contribution >= 0.6 is 0 Å². The first-order chi connectivity index (χ1) is 7.36. The zero-order valence-corrected chi connectivity index (χ0v) is 9.70. The molecule has 0 bridgehead atoms. The molecule has 1 heterocycles. The summed E-state index contributed by atoms with van der Waals surface area (Å²) in [5.41, 5.74) is 1.25. The van der Waals surface area contributed by atoms with Gasteiger partial charge >= 0.3 is 0 Å². The summed E-state index contributed by atoms with van der Waals surface area (Å²) in [5.74, 6) is 0. The fourth-order valence-corrected chi connectivity index (χ4v) is 1.41. The van der Waals surface area contributed by atoms with Gasteiger partial charge in [0.25, 0.3) is 0 Å². The average Bonchev–Trinajstić information content (AvgIpc) is 2.69. The van der Waals surface area contributed by atoms with Crippen LogP contribution in [0, 0.1) is 0 Å². The summed E-state index contributed by atoms with van der Waals surface area (Å²) in [6.07, 6.45) is 6.25. The predicted molar refractivity (Wildman–Crippen MR) is 60.7 cm³/mol. The number of hydrogen-bond acceptors (Lipinski definition) is 3. The topological polar surface area (TPSA) is 39.1 Å². The summed E-state index contributed by atoms with van der Waals surface area (Å²) in [7, 11) is 1.74. The van der Waals surface area contributed by atoms with Gasteiger partial charge in [0, 0.05) is 38.6 Å². The van der Waals surface area contributed by atoms with Crippen molar-refractivity contribution in [1.29, 1.82) is 0 Å². The van der Waals surface area contributed by atoms with Crippen molar-refractivity contribution in [3.63, 3.8) is 0 Å². The van der Waals surface area contributed by atoms with E-state index in [1.807, 2.05) is 10.9 Å². The Hall–Kier alpha value is -0.870. The summed E-state index contributed by atoms with van der Waals surface area (Å²) in [4.78, 5) is 0. The monoisotopic (exact) mass is 211 g/mol. The highest BCUT2D eigenvalue weighted by atomic mass is 16.5. The second-order valence-corrected chi connectivity index (χ2v) is 3.59. The Balaban J connectivity index is 2.20. The molecule has 0 aromatic carbocycles. The number of rotatable bonds is 8. The molecule has 0 saturated carbocycles. The van der Waals surface area contributed by atoms with Gasteiger partial charge in [0.1, 0.15) is 0 Å². The van der Waals surface area contributed by atoms with Crippen LogP contribution in [-0.4, -0.2) is 30.0 Å². The van der Waals surface area contributed by atoms with Gasteiger partial charge in [0.15, 0.2) is 0 Å². The standard InChI is InChI=1S/C11H21N3O/c1-3-12-8-11-9-13-14(10-11)6-4-5-7-15-2/h9-10,12H,3-8H2,1-2H3. The minimum absolute atomic E-state index is 0.839. The number of aromatic nitrogens is 2. The molecule has 0 amide bonds. The van der Waals surface area contributed by atoms with Crippen molar-refractivity contribution >= 4 is 0 Å². The number of methoxy groups -OCH3 is 1. The van der Waals surface area contributed by atoms with Crippen molar-refractivity contribution in [2.75, 3.05) is 20.3 Å². The maximum Gasteiger partial charge on any atom is 0.0534 e. The van der Waals surface area contributed by atoms with Crippen LogP contribution in [0.15, 0.2) is 12.4 Å². The van der Waals surface area contributed by atoms with Crippen LogP contribution in [0.1, 0.15) is 25.3 Å². The molecule has 1 aromatic heterocycles. The SMILES string of the molecule is CCNCc1cnn(CCCCOC)c1. The molecule has 1 rings (SSSR count). The number of unbranched alkanes of at least 4 members (excludes halogenated alkanes) is 1. The molecule has 4 heteroatoms. The molecule has 0 fully saturated rings. The molecule has 86 valence electrons. The molecule has 0 saturated heterocycles. The molecule has 0 unspecified atom stereocenters. The molecule has 1 N–H and O–H groups in total. The summed E-state index contributed by atoms with van der Waals surface area (Å²) < 4.78 is 7.00. The smallest absolute Gasteiger partial charge is 0.0534 e. The lowest BCUT2D eigenvalue weighted by Crippen LogP contribution is -2.11. The predicted octanol–water partition coefficient (Wildman–Crippen LogP) is 1.42. The van der Waals surface area contributed by atoms with Crippen LogP contribution in [0.25, 0.3) is 0 Å². The first-order valence-electron chi connectivity index (χ1n) is 5.57. The summed E-state index contributed by atoms with van der Waals surface area (Å²) in [6, 6.07) is 0. The summed E-state index contributed by atoms with van der Waals surface area (Å²) in [6.45, 7) is 5.84. The maximum absolute atomic E-state index is 5.00. The highest BCUT2D eigenvalue weighted by molar-refractivity contribution is 5.02. The third-order valence-electron chi connectivity index (χ3n) is 2.25. The molecule has 0 aliphatic rings. The Bertz CT molecular complexity index is 260.